The van der Waals surface area contributed by atoms with Crippen LogP contribution in [0.1, 0.15) is 23.5 Å². The highest BCUT2D eigenvalue weighted by Crippen LogP contribution is 2.26. The molecule has 0 bridgehead atoms. The zero-order chi connectivity index (χ0) is 20.7. The van der Waals surface area contributed by atoms with Gasteiger partial charge in [-0.25, -0.2) is 19.3 Å². The fraction of sp³-hybridized carbons (Fsp3) is 0.381. The van der Waals surface area contributed by atoms with Crippen LogP contribution in [0, 0.1) is 25.6 Å². The van der Waals surface area contributed by atoms with Crippen LogP contribution in [0.5, 0.6) is 0 Å². The van der Waals surface area contributed by atoms with Crippen molar-refractivity contribution in [2.75, 3.05) is 13.1 Å². The van der Waals surface area contributed by atoms with Crippen LogP contribution >= 0.6 is 13.5 Å². The number of pyridine rings is 1. The van der Waals surface area contributed by atoms with E-state index in [9.17, 15) is 4.39 Å². The molecule has 1 atom stereocenters. The number of imidazole rings is 1. The van der Waals surface area contributed by atoms with Crippen LogP contribution in [0.15, 0.2) is 30.9 Å². The topological polar surface area (TPSA) is 86.3 Å². The molecule has 1 unspecified atom stereocenters. The third-order valence-corrected chi connectivity index (χ3v) is 5.48. The van der Waals surface area contributed by atoms with Gasteiger partial charge in [0.25, 0.3) is 0 Å². The molecule has 4 aromatic heterocycles. The highest BCUT2D eigenvalue weighted by molar-refractivity contribution is 7.59. The van der Waals surface area contributed by atoms with Crippen molar-refractivity contribution in [1.29, 1.82) is 0 Å². The number of nitrogens with zero attached hydrogens (tertiary/aromatic N) is 7. The Labute approximate surface area is 186 Å². The van der Waals surface area contributed by atoms with Gasteiger partial charge >= 0.3 is 0 Å². The Morgan fingerprint density at radius 1 is 1.16 bits per heavy atom. The van der Waals surface area contributed by atoms with Crippen LogP contribution in [-0.2, 0) is 13.1 Å². The van der Waals surface area contributed by atoms with Gasteiger partial charge < -0.3 is 9.88 Å². The van der Waals surface area contributed by atoms with Crippen LogP contribution in [-0.4, -0.2) is 47.4 Å². The van der Waals surface area contributed by atoms with Gasteiger partial charge in [0.05, 0.1) is 24.6 Å². The third-order valence-electron chi connectivity index (χ3n) is 5.48. The SMILES string of the molecule is Cc1nc(C)c2nc(-c3cncc(F)c3)n(Cc3cnn(CC4CCNC4)c3)c2n1.S. The van der Waals surface area contributed by atoms with Crippen LogP contribution in [0.2, 0.25) is 0 Å². The van der Waals surface area contributed by atoms with E-state index >= 15 is 0 Å². The molecule has 1 aliphatic heterocycles. The van der Waals surface area contributed by atoms with E-state index in [1.807, 2.05) is 29.3 Å². The fourth-order valence-electron chi connectivity index (χ4n) is 4.08. The molecule has 0 spiro atoms. The van der Waals surface area contributed by atoms with Crippen molar-refractivity contribution in [1.82, 2.24) is 39.6 Å². The molecular weight excluding hydrogens is 415 g/mol. The largest absolute Gasteiger partial charge is 0.316 e. The maximum absolute atomic E-state index is 13.9. The third kappa shape index (κ3) is 4.31. The summed E-state index contributed by atoms with van der Waals surface area (Å²) in [6, 6.07) is 1.44. The Morgan fingerprint density at radius 2 is 2.03 bits per heavy atom. The average molecular weight is 441 g/mol. The van der Waals surface area contributed by atoms with Gasteiger partial charge in [-0.15, -0.1) is 0 Å². The van der Waals surface area contributed by atoms with Gasteiger partial charge in [-0.05, 0) is 45.3 Å². The summed E-state index contributed by atoms with van der Waals surface area (Å²) >= 11 is 0. The van der Waals surface area contributed by atoms with Crippen molar-refractivity contribution in [3.63, 3.8) is 0 Å². The molecule has 5 heterocycles. The van der Waals surface area contributed by atoms with Crippen LogP contribution in [0.3, 0.4) is 0 Å². The van der Waals surface area contributed by atoms with Crippen LogP contribution in [0.4, 0.5) is 4.39 Å². The van der Waals surface area contributed by atoms with Gasteiger partial charge in [-0.3, -0.25) is 9.67 Å². The van der Waals surface area contributed by atoms with Gasteiger partial charge in [0.2, 0.25) is 0 Å². The lowest BCUT2D eigenvalue weighted by atomic mass is 10.1. The lowest BCUT2D eigenvalue weighted by molar-refractivity contribution is 0.449. The summed E-state index contributed by atoms with van der Waals surface area (Å²) in [4.78, 5) is 17.8. The fourth-order valence-corrected chi connectivity index (χ4v) is 4.08. The molecule has 0 amide bonds. The van der Waals surface area contributed by atoms with E-state index in [0.717, 1.165) is 36.5 Å². The molecular formula is C21H25FN8S. The Hall–Kier alpha value is -2.85. The van der Waals surface area contributed by atoms with E-state index < -0.39 is 5.82 Å². The van der Waals surface area contributed by atoms with Gasteiger partial charge in [-0.1, -0.05) is 0 Å². The molecule has 31 heavy (non-hydrogen) atoms. The van der Waals surface area contributed by atoms with E-state index in [2.05, 4.69) is 31.6 Å². The van der Waals surface area contributed by atoms with Gasteiger partial charge in [0.15, 0.2) is 5.65 Å². The number of hydrogen-bond donors (Lipinski definition) is 1. The summed E-state index contributed by atoms with van der Waals surface area (Å²) in [7, 11) is 0. The molecule has 1 fully saturated rings. The van der Waals surface area contributed by atoms with Gasteiger partial charge in [0, 0.05) is 30.1 Å². The first-order valence-corrected chi connectivity index (χ1v) is 10.1. The highest BCUT2D eigenvalue weighted by atomic mass is 32.1. The molecule has 1 N–H and O–H groups in total. The molecule has 1 aliphatic rings. The average Bonchev–Trinajstić information content (AvgIpc) is 3.44. The summed E-state index contributed by atoms with van der Waals surface area (Å²) in [6.07, 6.45) is 7.93. The molecule has 0 radical (unpaired) electrons. The van der Waals surface area contributed by atoms with E-state index in [4.69, 9.17) is 4.98 Å². The number of nitrogens with one attached hydrogen (secondary N) is 1. The van der Waals surface area contributed by atoms with Crippen molar-refractivity contribution in [3.8, 4) is 11.4 Å². The second-order valence-electron chi connectivity index (χ2n) is 7.87. The summed E-state index contributed by atoms with van der Waals surface area (Å²) in [5, 5.41) is 7.93. The molecule has 10 heteroatoms. The monoisotopic (exact) mass is 440 g/mol. The first kappa shape index (κ1) is 21.4. The van der Waals surface area contributed by atoms with Crippen molar-refractivity contribution < 1.29 is 4.39 Å². The number of rotatable bonds is 5. The van der Waals surface area contributed by atoms with E-state index in [-0.39, 0.29) is 13.5 Å². The Balaban J connectivity index is 0.00000231. The summed E-state index contributed by atoms with van der Waals surface area (Å²) < 4.78 is 17.9. The van der Waals surface area contributed by atoms with Crippen LogP contribution in [0.25, 0.3) is 22.6 Å². The number of aryl methyl sites for hydroxylation is 2. The second-order valence-corrected chi connectivity index (χ2v) is 7.87. The Bertz CT molecular complexity index is 1210. The predicted molar refractivity (Wildman–Crippen MR) is 121 cm³/mol. The summed E-state index contributed by atoms with van der Waals surface area (Å²) in [5.74, 6) is 1.50. The van der Waals surface area contributed by atoms with E-state index in [1.165, 1.54) is 18.7 Å². The minimum atomic E-state index is -0.400. The highest BCUT2D eigenvalue weighted by Gasteiger charge is 2.19. The number of aromatic nitrogens is 7. The lowest BCUT2D eigenvalue weighted by Gasteiger charge is -2.09. The molecule has 1 saturated heterocycles. The van der Waals surface area contributed by atoms with E-state index in [0.29, 0.717) is 35.2 Å². The quantitative estimate of drug-likeness (QED) is 0.513. The summed E-state index contributed by atoms with van der Waals surface area (Å²) in [6.45, 7) is 7.31. The van der Waals surface area contributed by atoms with E-state index in [1.54, 1.807) is 6.20 Å². The van der Waals surface area contributed by atoms with Crippen molar-refractivity contribution in [2.45, 2.75) is 33.4 Å². The normalized spacial score (nSPS) is 16.0. The number of halogens is 1. The zero-order valence-corrected chi connectivity index (χ0v) is 18.5. The number of hydrogen-bond acceptors (Lipinski definition) is 6. The molecule has 0 saturated carbocycles. The molecule has 8 nitrogen and oxygen atoms in total. The standard InChI is InChI=1S/C21H23FN8.H2S/c1-13-19-21(27-14(2)26-13)30(20(28-19)17-5-18(22)9-24-8-17)12-16-7-25-29(11-16)10-15-3-4-23-6-15;/h5,7-9,11,15,23H,3-4,6,10,12H2,1-2H3;1H2. The summed E-state index contributed by atoms with van der Waals surface area (Å²) in [5.41, 5.74) is 3.89. The van der Waals surface area contributed by atoms with Crippen molar-refractivity contribution in [2.24, 2.45) is 5.92 Å². The molecule has 162 valence electrons. The molecule has 0 aliphatic carbocycles. The van der Waals surface area contributed by atoms with Crippen molar-refractivity contribution in [3.05, 3.63) is 53.8 Å². The minimum absolute atomic E-state index is 0. The van der Waals surface area contributed by atoms with Crippen molar-refractivity contribution >= 4 is 24.7 Å². The zero-order valence-electron chi connectivity index (χ0n) is 17.5. The second kappa shape index (κ2) is 8.72. The Kier molecular flexibility index (Phi) is 6.01. The molecule has 0 aromatic carbocycles. The number of fused-ring (bicyclic) bond motifs is 1. The lowest BCUT2D eigenvalue weighted by Crippen LogP contribution is -2.14. The van der Waals surface area contributed by atoms with Crippen LogP contribution < -0.4 is 5.32 Å². The maximum atomic E-state index is 13.9. The van der Waals surface area contributed by atoms with Gasteiger partial charge in [0.1, 0.15) is 23.0 Å². The molecule has 4 aromatic rings. The van der Waals surface area contributed by atoms with Gasteiger partial charge in [-0.2, -0.15) is 18.6 Å². The molecule has 5 rings (SSSR count). The smallest absolute Gasteiger partial charge is 0.164 e. The minimum Gasteiger partial charge on any atom is -0.316 e. The predicted octanol–water partition coefficient (Wildman–Crippen LogP) is 2.61. The first-order chi connectivity index (χ1) is 14.6. The Morgan fingerprint density at radius 3 is 2.81 bits per heavy atom. The maximum Gasteiger partial charge on any atom is 0.164 e. The first-order valence-electron chi connectivity index (χ1n) is 10.1.